The highest BCUT2D eigenvalue weighted by atomic mass is 16.5. The van der Waals surface area contributed by atoms with Gasteiger partial charge in [-0.1, -0.05) is 6.08 Å². The fourth-order valence-corrected chi connectivity index (χ4v) is 0.677. The Morgan fingerprint density at radius 2 is 2.27 bits per heavy atom. The molecule has 0 radical (unpaired) electrons. The summed E-state index contributed by atoms with van der Waals surface area (Å²) in [7, 11) is 2.94. The Labute approximate surface area is 66.8 Å². The molecular weight excluding hydrogens is 142 g/mol. The summed E-state index contributed by atoms with van der Waals surface area (Å²) < 4.78 is 4.56. The topological polar surface area (TPSA) is 38.7 Å². The van der Waals surface area contributed by atoms with Crippen molar-refractivity contribution in [2.75, 3.05) is 14.2 Å². The van der Waals surface area contributed by atoms with Crippen LogP contribution >= 0.6 is 0 Å². The highest BCUT2D eigenvalue weighted by Gasteiger charge is 2.28. The lowest BCUT2D eigenvalue weighted by molar-refractivity contribution is -0.145. The minimum Gasteiger partial charge on any atom is -0.468 e. The van der Waals surface area contributed by atoms with Crippen LogP contribution < -0.4 is 0 Å². The molecule has 0 aromatic rings. The van der Waals surface area contributed by atoms with E-state index in [9.17, 15) is 4.79 Å². The van der Waals surface area contributed by atoms with Gasteiger partial charge in [0.15, 0.2) is 0 Å². The van der Waals surface area contributed by atoms with Crippen LogP contribution in [0.1, 0.15) is 6.92 Å². The Balaban J connectivity index is 4.58. The summed E-state index contributed by atoms with van der Waals surface area (Å²) in [5.41, 5.74) is -0.788. The van der Waals surface area contributed by atoms with Crippen LogP contribution in [0.25, 0.3) is 0 Å². The number of esters is 1. The maximum Gasteiger partial charge on any atom is 0.320 e. The quantitative estimate of drug-likeness (QED) is 0.347. The summed E-state index contributed by atoms with van der Waals surface area (Å²) in [5, 5.41) is 0. The minimum atomic E-state index is -0.788. The molecular formula is C8H13NO2. The van der Waals surface area contributed by atoms with E-state index in [4.69, 9.17) is 0 Å². The van der Waals surface area contributed by atoms with Gasteiger partial charge in [0, 0.05) is 13.3 Å². The molecule has 11 heavy (non-hydrogen) atoms. The van der Waals surface area contributed by atoms with E-state index in [0.717, 1.165) is 0 Å². The standard InChI is InChI=1S/C8H13NO2/c1-5-8(2,6-9-3)7(10)11-4/h5-6H,1H2,2-4H3. The van der Waals surface area contributed by atoms with Crippen molar-refractivity contribution in [2.24, 2.45) is 10.4 Å². The van der Waals surface area contributed by atoms with Gasteiger partial charge in [-0.25, -0.2) is 0 Å². The fourth-order valence-electron chi connectivity index (χ4n) is 0.677. The molecule has 0 aliphatic heterocycles. The van der Waals surface area contributed by atoms with Crippen LogP contribution in [0.5, 0.6) is 0 Å². The van der Waals surface area contributed by atoms with Gasteiger partial charge in [-0.3, -0.25) is 9.79 Å². The summed E-state index contributed by atoms with van der Waals surface area (Å²) in [6.07, 6.45) is 3.01. The van der Waals surface area contributed by atoms with Gasteiger partial charge in [-0.2, -0.15) is 0 Å². The number of hydrogen-bond donors (Lipinski definition) is 0. The van der Waals surface area contributed by atoms with Crippen molar-refractivity contribution in [3.8, 4) is 0 Å². The Hall–Kier alpha value is -1.12. The van der Waals surface area contributed by atoms with Crippen molar-refractivity contribution in [1.82, 2.24) is 0 Å². The van der Waals surface area contributed by atoms with E-state index in [-0.39, 0.29) is 5.97 Å². The molecule has 0 aliphatic carbocycles. The molecule has 0 amide bonds. The van der Waals surface area contributed by atoms with Gasteiger partial charge in [0.25, 0.3) is 0 Å². The second-order valence-corrected chi connectivity index (χ2v) is 2.37. The first-order valence-electron chi connectivity index (χ1n) is 3.26. The third-order valence-electron chi connectivity index (χ3n) is 1.45. The molecule has 3 heteroatoms. The van der Waals surface area contributed by atoms with Crippen molar-refractivity contribution in [1.29, 1.82) is 0 Å². The zero-order valence-electron chi connectivity index (χ0n) is 7.13. The lowest BCUT2D eigenvalue weighted by atomic mass is 9.93. The van der Waals surface area contributed by atoms with Gasteiger partial charge in [0.2, 0.25) is 0 Å². The number of hydrogen-bond acceptors (Lipinski definition) is 3. The van der Waals surface area contributed by atoms with Gasteiger partial charge in [0.05, 0.1) is 7.11 Å². The highest BCUT2D eigenvalue weighted by Crippen LogP contribution is 2.16. The van der Waals surface area contributed by atoms with Crippen molar-refractivity contribution in [2.45, 2.75) is 6.92 Å². The van der Waals surface area contributed by atoms with Crippen LogP contribution in [0.2, 0.25) is 0 Å². The zero-order valence-corrected chi connectivity index (χ0v) is 7.13. The van der Waals surface area contributed by atoms with E-state index < -0.39 is 5.41 Å². The van der Waals surface area contributed by atoms with Crippen LogP contribution in [0.4, 0.5) is 0 Å². The number of carbonyl (C=O) groups is 1. The molecule has 0 N–H and O–H groups in total. The molecule has 0 spiro atoms. The number of rotatable bonds is 3. The number of nitrogens with zero attached hydrogens (tertiary/aromatic N) is 1. The van der Waals surface area contributed by atoms with Gasteiger partial charge >= 0.3 is 5.97 Å². The second-order valence-electron chi connectivity index (χ2n) is 2.37. The van der Waals surface area contributed by atoms with Crippen LogP contribution in [0.3, 0.4) is 0 Å². The van der Waals surface area contributed by atoms with Crippen LogP contribution in [0.15, 0.2) is 17.6 Å². The maximum atomic E-state index is 11.1. The van der Waals surface area contributed by atoms with Crippen LogP contribution in [0, 0.1) is 5.41 Å². The fraction of sp³-hybridized carbons (Fsp3) is 0.500. The molecule has 0 fully saturated rings. The molecule has 0 saturated heterocycles. The first-order valence-corrected chi connectivity index (χ1v) is 3.26. The lowest BCUT2D eigenvalue weighted by Crippen LogP contribution is -2.28. The van der Waals surface area contributed by atoms with Gasteiger partial charge in [0.1, 0.15) is 5.41 Å². The SMILES string of the molecule is C=CC(C)(C=NC)C(=O)OC. The predicted octanol–water partition coefficient (Wildman–Crippen LogP) is 1.05. The van der Waals surface area contributed by atoms with Crippen molar-refractivity contribution >= 4 is 12.2 Å². The Kier molecular flexibility index (Phi) is 3.51. The zero-order chi connectivity index (χ0) is 8.91. The van der Waals surface area contributed by atoms with Crippen LogP contribution in [-0.2, 0) is 9.53 Å². The van der Waals surface area contributed by atoms with Gasteiger partial charge in [-0.15, -0.1) is 6.58 Å². The maximum absolute atomic E-state index is 11.1. The predicted molar refractivity (Wildman–Crippen MR) is 44.7 cm³/mol. The van der Waals surface area contributed by atoms with E-state index in [2.05, 4.69) is 16.3 Å². The van der Waals surface area contributed by atoms with Crippen LogP contribution in [-0.4, -0.2) is 26.3 Å². The van der Waals surface area contributed by atoms with Gasteiger partial charge < -0.3 is 4.74 Å². The number of carbonyl (C=O) groups excluding carboxylic acids is 1. The normalized spacial score (nSPS) is 15.9. The first-order chi connectivity index (χ1) is 5.10. The molecule has 1 atom stereocenters. The number of ether oxygens (including phenoxy) is 1. The molecule has 0 aliphatic rings. The number of methoxy groups -OCH3 is 1. The first kappa shape index (κ1) is 9.88. The highest BCUT2D eigenvalue weighted by molar-refractivity contribution is 5.96. The molecule has 0 rings (SSSR count). The second kappa shape index (κ2) is 3.91. The molecule has 1 unspecified atom stereocenters. The molecule has 3 nitrogen and oxygen atoms in total. The average Bonchev–Trinajstić information content (AvgIpc) is 2.03. The summed E-state index contributed by atoms with van der Waals surface area (Å²) >= 11 is 0. The molecule has 0 saturated carbocycles. The molecule has 0 aromatic carbocycles. The van der Waals surface area contributed by atoms with E-state index >= 15 is 0 Å². The largest absolute Gasteiger partial charge is 0.468 e. The Morgan fingerprint density at radius 1 is 1.73 bits per heavy atom. The van der Waals surface area contributed by atoms with Crippen molar-refractivity contribution in [3.63, 3.8) is 0 Å². The summed E-state index contributed by atoms with van der Waals surface area (Å²) in [6, 6.07) is 0. The molecule has 0 aromatic heterocycles. The lowest BCUT2D eigenvalue weighted by Gasteiger charge is -2.16. The van der Waals surface area contributed by atoms with E-state index in [0.29, 0.717) is 0 Å². The third-order valence-corrected chi connectivity index (χ3v) is 1.45. The Morgan fingerprint density at radius 3 is 2.55 bits per heavy atom. The summed E-state index contributed by atoms with van der Waals surface area (Å²) in [6.45, 7) is 5.22. The summed E-state index contributed by atoms with van der Waals surface area (Å²) in [5.74, 6) is -0.349. The molecule has 0 heterocycles. The minimum absolute atomic E-state index is 0.349. The van der Waals surface area contributed by atoms with E-state index in [1.165, 1.54) is 19.4 Å². The monoisotopic (exact) mass is 155 g/mol. The molecule has 0 bridgehead atoms. The van der Waals surface area contributed by atoms with E-state index in [1.807, 2.05) is 0 Å². The van der Waals surface area contributed by atoms with Gasteiger partial charge in [-0.05, 0) is 6.92 Å². The third kappa shape index (κ3) is 2.18. The van der Waals surface area contributed by atoms with E-state index in [1.54, 1.807) is 14.0 Å². The van der Waals surface area contributed by atoms with Crippen molar-refractivity contribution < 1.29 is 9.53 Å². The van der Waals surface area contributed by atoms with Crippen molar-refractivity contribution in [3.05, 3.63) is 12.7 Å². The average molecular weight is 155 g/mol. The summed E-state index contributed by atoms with van der Waals surface area (Å²) in [4.78, 5) is 14.8. The Bertz CT molecular complexity index is 187. The number of aliphatic imine (C=N–C) groups is 1. The molecule has 62 valence electrons. The smallest absolute Gasteiger partial charge is 0.320 e.